The van der Waals surface area contributed by atoms with Crippen LogP contribution in [0.15, 0.2) is 29.3 Å². The van der Waals surface area contributed by atoms with Crippen molar-refractivity contribution in [3.63, 3.8) is 0 Å². The first-order valence-corrected chi connectivity index (χ1v) is 9.79. The fraction of sp³-hybridized carbons (Fsp3) is 0.524. The van der Waals surface area contributed by atoms with Crippen LogP contribution in [-0.4, -0.2) is 57.4 Å². The summed E-state index contributed by atoms with van der Waals surface area (Å²) < 4.78 is 11.2. The summed E-state index contributed by atoms with van der Waals surface area (Å²) in [7, 11) is 1.25. The van der Waals surface area contributed by atoms with Crippen LogP contribution in [-0.2, 0) is 26.4 Å². The molecule has 1 aliphatic heterocycles. The third-order valence-corrected chi connectivity index (χ3v) is 5.13. The number of carbonyl (C=O) groups excluding carboxylic acids is 2. The number of nitrogens with zero attached hydrogens (tertiary/aromatic N) is 3. The molecule has 0 spiro atoms. The van der Waals surface area contributed by atoms with Gasteiger partial charge >= 0.3 is 12.1 Å². The molecule has 1 N–H and O–H groups in total. The largest absolute Gasteiger partial charge is 0.468 e. The SMILES string of the molecule is COC(=O)Cn1cnc2ccc(C3(O)CCN(C(=O)OC(C)(C)C)CC3)cc2c1=O. The van der Waals surface area contributed by atoms with E-state index in [-0.39, 0.29) is 12.1 Å². The fourth-order valence-corrected chi connectivity index (χ4v) is 3.44. The van der Waals surface area contributed by atoms with Gasteiger partial charge < -0.3 is 19.5 Å². The van der Waals surface area contributed by atoms with Crippen molar-refractivity contribution in [2.45, 2.75) is 51.4 Å². The van der Waals surface area contributed by atoms with Gasteiger partial charge in [0.1, 0.15) is 12.1 Å². The number of piperidine rings is 1. The molecule has 1 aromatic carbocycles. The third kappa shape index (κ3) is 4.62. The Balaban J connectivity index is 1.82. The number of carbonyl (C=O) groups is 2. The van der Waals surface area contributed by atoms with Gasteiger partial charge in [-0.2, -0.15) is 0 Å². The maximum Gasteiger partial charge on any atom is 0.410 e. The summed E-state index contributed by atoms with van der Waals surface area (Å²) in [6.07, 6.45) is 1.52. The van der Waals surface area contributed by atoms with Crippen LogP contribution in [0.2, 0.25) is 0 Å². The van der Waals surface area contributed by atoms with Crippen molar-refractivity contribution in [3.8, 4) is 0 Å². The molecule has 0 radical (unpaired) electrons. The predicted octanol–water partition coefficient (Wildman–Crippen LogP) is 1.79. The molecule has 9 heteroatoms. The number of benzene rings is 1. The summed E-state index contributed by atoms with van der Waals surface area (Å²) in [5.41, 5.74) is -1.10. The van der Waals surface area contributed by atoms with E-state index in [4.69, 9.17) is 4.74 Å². The van der Waals surface area contributed by atoms with Crippen LogP contribution >= 0.6 is 0 Å². The van der Waals surface area contributed by atoms with Crippen molar-refractivity contribution in [3.05, 3.63) is 40.4 Å². The minimum atomic E-state index is -1.18. The zero-order valence-electron chi connectivity index (χ0n) is 17.7. The molecule has 2 heterocycles. The Bertz CT molecular complexity index is 1020. The number of methoxy groups -OCH3 is 1. The van der Waals surface area contributed by atoms with Gasteiger partial charge in [-0.25, -0.2) is 9.78 Å². The van der Waals surface area contributed by atoms with Crippen LogP contribution < -0.4 is 5.56 Å². The first kappa shape index (κ1) is 21.8. The van der Waals surface area contributed by atoms with Gasteiger partial charge in [0.15, 0.2) is 0 Å². The van der Waals surface area contributed by atoms with E-state index in [1.54, 1.807) is 43.9 Å². The van der Waals surface area contributed by atoms with Crippen LogP contribution in [0.1, 0.15) is 39.2 Å². The number of aliphatic hydroxyl groups is 1. The summed E-state index contributed by atoms with van der Waals surface area (Å²) >= 11 is 0. The van der Waals surface area contributed by atoms with E-state index < -0.39 is 23.3 Å². The molecule has 30 heavy (non-hydrogen) atoms. The summed E-state index contributed by atoms with van der Waals surface area (Å²) in [5, 5.41) is 11.5. The average Bonchev–Trinajstić information content (AvgIpc) is 2.69. The molecule has 0 saturated carbocycles. The summed E-state index contributed by atoms with van der Waals surface area (Å²) in [6.45, 7) is 5.85. The van der Waals surface area contributed by atoms with Gasteiger partial charge in [-0.15, -0.1) is 0 Å². The number of hydrogen-bond acceptors (Lipinski definition) is 7. The molecular formula is C21H27N3O6. The number of hydrogen-bond donors (Lipinski definition) is 1. The van der Waals surface area contributed by atoms with Crippen LogP contribution in [0.25, 0.3) is 10.9 Å². The van der Waals surface area contributed by atoms with Crippen molar-refractivity contribution in [1.29, 1.82) is 0 Å². The van der Waals surface area contributed by atoms with Crippen LogP contribution in [0.3, 0.4) is 0 Å². The van der Waals surface area contributed by atoms with Gasteiger partial charge in [0.25, 0.3) is 5.56 Å². The molecular weight excluding hydrogens is 390 g/mol. The monoisotopic (exact) mass is 417 g/mol. The Labute approximate surface area is 174 Å². The number of fused-ring (bicyclic) bond motifs is 1. The van der Waals surface area contributed by atoms with Gasteiger partial charge in [0, 0.05) is 13.1 Å². The molecule has 0 atom stereocenters. The summed E-state index contributed by atoms with van der Waals surface area (Å²) in [4.78, 5) is 42.3. The molecule has 0 bridgehead atoms. The van der Waals surface area contributed by atoms with Gasteiger partial charge in [0.05, 0.1) is 29.9 Å². The minimum Gasteiger partial charge on any atom is -0.468 e. The highest BCUT2D eigenvalue weighted by Gasteiger charge is 2.37. The number of aromatic nitrogens is 2. The highest BCUT2D eigenvalue weighted by molar-refractivity contribution is 5.79. The topological polar surface area (TPSA) is 111 Å². The Kier molecular flexibility index (Phi) is 5.85. The van der Waals surface area contributed by atoms with Crippen LogP contribution in [0.5, 0.6) is 0 Å². The smallest absolute Gasteiger partial charge is 0.410 e. The Hall–Kier alpha value is -2.94. The van der Waals surface area contributed by atoms with E-state index in [9.17, 15) is 19.5 Å². The van der Waals surface area contributed by atoms with E-state index in [0.29, 0.717) is 42.4 Å². The van der Waals surface area contributed by atoms with Crippen molar-refractivity contribution in [1.82, 2.24) is 14.5 Å². The molecule has 1 saturated heterocycles. The molecule has 3 rings (SSSR count). The van der Waals surface area contributed by atoms with Gasteiger partial charge in [0.2, 0.25) is 0 Å². The number of esters is 1. The summed E-state index contributed by atoms with van der Waals surface area (Å²) in [6, 6.07) is 5.02. The third-order valence-electron chi connectivity index (χ3n) is 5.13. The van der Waals surface area contributed by atoms with Crippen molar-refractivity contribution < 1.29 is 24.2 Å². The van der Waals surface area contributed by atoms with Crippen LogP contribution in [0.4, 0.5) is 4.79 Å². The Morgan fingerprint density at radius 2 is 1.90 bits per heavy atom. The second kappa shape index (κ2) is 8.06. The minimum absolute atomic E-state index is 0.238. The average molecular weight is 417 g/mol. The maximum absolute atomic E-state index is 12.8. The van der Waals surface area contributed by atoms with E-state index in [0.717, 1.165) is 0 Å². The number of rotatable bonds is 3. The van der Waals surface area contributed by atoms with Crippen LogP contribution in [0, 0.1) is 0 Å². The molecule has 162 valence electrons. The van der Waals surface area contributed by atoms with Crippen molar-refractivity contribution in [2.24, 2.45) is 0 Å². The van der Waals surface area contributed by atoms with Crippen molar-refractivity contribution >= 4 is 23.0 Å². The highest BCUT2D eigenvalue weighted by Crippen LogP contribution is 2.34. The number of likely N-dealkylation sites (tertiary alicyclic amines) is 1. The zero-order chi connectivity index (χ0) is 22.1. The predicted molar refractivity (Wildman–Crippen MR) is 109 cm³/mol. The molecule has 1 amide bonds. The molecule has 1 aromatic heterocycles. The Morgan fingerprint density at radius 3 is 2.50 bits per heavy atom. The van der Waals surface area contributed by atoms with E-state index in [1.165, 1.54) is 18.0 Å². The first-order chi connectivity index (χ1) is 14.0. The molecule has 0 aliphatic carbocycles. The lowest BCUT2D eigenvalue weighted by Gasteiger charge is -2.39. The molecule has 2 aromatic rings. The van der Waals surface area contributed by atoms with Gasteiger partial charge in [-0.3, -0.25) is 14.2 Å². The van der Waals surface area contributed by atoms with E-state index >= 15 is 0 Å². The molecule has 1 fully saturated rings. The quantitative estimate of drug-likeness (QED) is 0.758. The number of amides is 1. The first-order valence-electron chi connectivity index (χ1n) is 9.79. The van der Waals surface area contributed by atoms with Crippen molar-refractivity contribution in [2.75, 3.05) is 20.2 Å². The summed E-state index contributed by atoms with van der Waals surface area (Å²) in [5.74, 6) is -0.553. The standard InChI is InChI=1S/C21H27N3O6/c1-20(2,3)30-19(27)23-9-7-21(28,8-10-23)14-5-6-16-15(11-14)18(26)24(13-22-16)12-17(25)29-4/h5-6,11,13,28H,7-10,12H2,1-4H3. The second-order valence-corrected chi connectivity index (χ2v) is 8.48. The lowest BCUT2D eigenvalue weighted by molar-refractivity contribution is -0.141. The molecule has 9 nitrogen and oxygen atoms in total. The van der Waals surface area contributed by atoms with Gasteiger partial charge in [-0.1, -0.05) is 6.07 Å². The molecule has 1 aliphatic rings. The van der Waals surface area contributed by atoms with E-state index in [2.05, 4.69) is 9.72 Å². The highest BCUT2D eigenvalue weighted by atomic mass is 16.6. The normalized spacial score (nSPS) is 16.4. The Morgan fingerprint density at radius 1 is 1.23 bits per heavy atom. The fourth-order valence-electron chi connectivity index (χ4n) is 3.44. The zero-order valence-corrected chi connectivity index (χ0v) is 17.7. The van der Waals surface area contributed by atoms with E-state index in [1.807, 2.05) is 0 Å². The lowest BCUT2D eigenvalue weighted by Crippen LogP contribution is -2.46. The lowest BCUT2D eigenvalue weighted by atomic mass is 9.84. The number of ether oxygens (including phenoxy) is 2. The molecule has 0 unspecified atom stereocenters. The van der Waals surface area contributed by atoms with Gasteiger partial charge in [-0.05, 0) is 51.3 Å². The maximum atomic E-state index is 12.8. The second-order valence-electron chi connectivity index (χ2n) is 8.48.